The molecule has 0 amide bonds. The van der Waals surface area contributed by atoms with Crippen molar-refractivity contribution in [2.45, 2.75) is 26.1 Å². The van der Waals surface area contributed by atoms with E-state index in [0.717, 1.165) is 5.56 Å². The zero-order chi connectivity index (χ0) is 12.3. The van der Waals surface area contributed by atoms with Crippen molar-refractivity contribution in [1.82, 2.24) is 0 Å². The summed E-state index contributed by atoms with van der Waals surface area (Å²) in [6, 6.07) is 5.43. The Hall–Kier alpha value is -1.75. The van der Waals surface area contributed by atoms with Gasteiger partial charge in [-0.15, -0.1) is 0 Å². The van der Waals surface area contributed by atoms with Crippen molar-refractivity contribution < 1.29 is 24.1 Å². The van der Waals surface area contributed by atoms with Crippen LogP contribution < -0.4 is 9.47 Å². The SMILES string of the molecule is CCC(OCc1ccc2c(c1)OCO2)C(=O)O. The third-order valence-electron chi connectivity index (χ3n) is 2.53. The third-order valence-corrected chi connectivity index (χ3v) is 2.53. The van der Waals surface area contributed by atoms with Crippen LogP contribution in [0, 0.1) is 0 Å². The van der Waals surface area contributed by atoms with Crippen molar-refractivity contribution in [1.29, 1.82) is 0 Å². The molecule has 1 heterocycles. The van der Waals surface area contributed by atoms with Gasteiger partial charge in [0, 0.05) is 0 Å². The molecule has 1 unspecified atom stereocenters. The van der Waals surface area contributed by atoms with E-state index in [0.29, 0.717) is 17.9 Å². The molecule has 0 fully saturated rings. The van der Waals surface area contributed by atoms with Crippen molar-refractivity contribution in [3.05, 3.63) is 23.8 Å². The molecule has 0 spiro atoms. The second kappa shape index (κ2) is 5.05. The van der Waals surface area contributed by atoms with E-state index in [9.17, 15) is 4.79 Å². The van der Waals surface area contributed by atoms with Crippen LogP contribution in [0.5, 0.6) is 11.5 Å². The van der Waals surface area contributed by atoms with Gasteiger partial charge in [0.15, 0.2) is 17.6 Å². The molecule has 92 valence electrons. The molecule has 1 aromatic rings. The van der Waals surface area contributed by atoms with Crippen LogP contribution in [0.3, 0.4) is 0 Å². The van der Waals surface area contributed by atoms with E-state index < -0.39 is 12.1 Å². The molecule has 1 N–H and O–H groups in total. The summed E-state index contributed by atoms with van der Waals surface area (Å²) in [5.74, 6) is 0.446. The Balaban J connectivity index is 1.97. The highest BCUT2D eigenvalue weighted by molar-refractivity contribution is 5.72. The van der Waals surface area contributed by atoms with Gasteiger partial charge in [0.2, 0.25) is 6.79 Å². The Kier molecular flexibility index (Phi) is 3.49. The number of benzene rings is 1. The summed E-state index contributed by atoms with van der Waals surface area (Å²) in [5, 5.41) is 8.84. The maximum absolute atomic E-state index is 10.8. The second-order valence-corrected chi connectivity index (χ2v) is 3.73. The molecule has 1 aliphatic heterocycles. The molecule has 0 bridgehead atoms. The van der Waals surface area contributed by atoms with Gasteiger partial charge < -0.3 is 19.3 Å². The lowest BCUT2D eigenvalue weighted by atomic mass is 10.2. The fraction of sp³-hybridized carbons (Fsp3) is 0.417. The second-order valence-electron chi connectivity index (χ2n) is 3.73. The van der Waals surface area contributed by atoms with Crippen molar-refractivity contribution in [2.24, 2.45) is 0 Å². The topological polar surface area (TPSA) is 65.0 Å². The number of hydrogen-bond donors (Lipinski definition) is 1. The molecular formula is C12H14O5. The lowest BCUT2D eigenvalue weighted by Crippen LogP contribution is -2.22. The molecule has 1 aromatic carbocycles. The van der Waals surface area contributed by atoms with Gasteiger partial charge in [-0.25, -0.2) is 4.79 Å². The van der Waals surface area contributed by atoms with E-state index >= 15 is 0 Å². The van der Waals surface area contributed by atoms with Gasteiger partial charge in [0.25, 0.3) is 0 Å². The Labute approximate surface area is 98.9 Å². The molecule has 0 aliphatic carbocycles. The van der Waals surface area contributed by atoms with Crippen LogP contribution in [0.1, 0.15) is 18.9 Å². The number of carboxylic acid groups (broad SMARTS) is 1. The summed E-state index contributed by atoms with van der Waals surface area (Å²) in [6.07, 6.45) is -0.319. The van der Waals surface area contributed by atoms with Crippen LogP contribution in [0.4, 0.5) is 0 Å². The van der Waals surface area contributed by atoms with Crippen LogP contribution in [0.2, 0.25) is 0 Å². The van der Waals surface area contributed by atoms with Crippen LogP contribution in [0.15, 0.2) is 18.2 Å². The van der Waals surface area contributed by atoms with Gasteiger partial charge >= 0.3 is 5.97 Å². The Morgan fingerprint density at radius 3 is 2.94 bits per heavy atom. The van der Waals surface area contributed by atoms with Gasteiger partial charge in [-0.05, 0) is 24.1 Å². The zero-order valence-corrected chi connectivity index (χ0v) is 9.51. The molecule has 1 atom stereocenters. The fourth-order valence-corrected chi connectivity index (χ4v) is 1.59. The van der Waals surface area contributed by atoms with E-state index in [2.05, 4.69) is 0 Å². The summed E-state index contributed by atoms with van der Waals surface area (Å²) in [4.78, 5) is 10.8. The number of ether oxygens (including phenoxy) is 3. The standard InChI is InChI=1S/C12H14O5/c1-2-9(12(13)14)15-6-8-3-4-10-11(5-8)17-7-16-10/h3-5,9H,2,6-7H2,1H3,(H,13,14). The largest absolute Gasteiger partial charge is 0.479 e. The number of carboxylic acids is 1. The first-order valence-electron chi connectivity index (χ1n) is 5.43. The van der Waals surface area contributed by atoms with Crippen molar-refractivity contribution in [3.8, 4) is 11.5 Å². The monoisotopic (exact) mass is 238 g/mol. The Morgan fingerprint density at radius 2 is 2.24 bits per heavy atom. The highest BCUT2D eigenvalue weighted by Crippen LogP contribution is 2.32. The molecule has 0 radical (unpaired) electrons. The molecule has 0 aromatic heterocycles. The Morgan fingerprint density at radius 1 is 1.47 bits per heavy atom. The van der Waals surface area contributed by atoms with E-state index in [1.54, 1.807) is 19.1 Å². The predicted octanol–water partition coefficient (Wildman–Crippen LogP) is 1.80. The van der Waals surface area contributed by atoms with Gasteiger partial charge in [-0.2, -0.15) is 0 Å². The van der Waals surface area contributed by atoms with Crippen molar-refractivity contribution >= 4 is 5.97 Å². The molecule has 1 aliphatic rings. The maximum Gasteiger partial charge on any atom is 0.332 e. The van der Waals surface area contributed by atoms with Crippen molar-refractivity contribution in [2.75, 3.05) is 6.79 Å². The summed E-state index contributed by atoms with van der Waals surface area (Å²) in [6.45, 7) is 2.26. The number of carbonyl (C=O) groups is 1. The summed E-state index contributed by atoms with van der Waals surface area (Å²) in [5.41, 5.74) is 0.869. The molecule has 5 heteroatoms. The normalized spacial score (nSPS) is 14.6. The van der Waals surface area contributed by atoms with E-state index in [1.165, 1.54) is 0 Å². The van der Waals surface area contributed by atoms with Gasteiger partial charge in [0.1, 0.15) is 0 Å². The molecule has 0 saturated heterocycles. The minimum atomic E-state index is -0.937. The molecule has 2 rings (SSSR count). The summed E-state index contributed by atoms with van der Waals surface area (Å²) in [7, 11) is 0. The van der Waals surface area contributed by atoms with Crippen LogP contribution in [-0.4, -0.2) is 24.0 Å². The molecule has 17 heavy (non-hydrogen) atoms. The summed E-state index contributed by atoms with van der Waals surface area (Å²) < 4.78 is 15.7. The molecule has 0 saturated carbocycles. The van der Waals surface area contributed by atoms with Crippen molar-refractivity contribution in [3.63, 3.8) is 0 Å². The number of aliphatic carboxylic acids is 1. The van der Waals surface area contributed by atoms with Crippen LogP contribution in [0.25, 0.3) is 0 Å². The average Bonchev–Trinajstić information content (AvgIpc) is 2.76. The lowest BCUT2D eigenvalue weighted by Gasteiger charge is -2.11. The van der Waals surface area contributed by atoms with Gasteiger partial charge in [0.05, 0.1) is 6.61 Å². The van der Waals surface area contributed by atoms with E-state index in [1.807, 2.05) is 6.07 Å². The highest BCUT2D eigenvalue weighted by Gasteiger charge is 2.17. The van der Waals surface area contributed by atoms with E-state index in [4.69, 9.17) is 19.3 Å². The molecule has 5 nitrogen and oxygen atoms in total. The zero-order valence-electron chi connectivity index (χ0n) is 9.51. The van der Waals surface area contributed by atoms with Gasteiger partial charge in [-0.3, -0.25) is 0 Å². The van der Waals surface area contributed by atoms with Crippen LogP contribution >= 0.6 is 0 Å². The first-order valence-corrected chi connectivity index (χ1v) is 5.43. The maximum atomic E-state index is 10.8. The number of rotatable bonds is 5. The van der Waals surface area contributed by atoms with E-state index in [-0.39, 0.29) is 13.4 Å². The highest BCUT2D eigenvalue weighted by atomic mass is 16.7. The molecular weight excluding hydrogens is 224 g/mol. The minimum Gasteiger partial charge on any atom is -0.479 e. The average molecular weight is 238 g/mol. The Bertz CT molecular complexity index is 415. The number of hydrogen-bond acceptors (Lipinski definition) is 4. The quantitative estimate of drug-likeness (QED) is 0.847. The third kappa shape index (κ3) is 2.68. The fourth-order valence-electron chi connectivity index (χ4n) is 1.59. The number of fused-ring (bicyclic) bond motifs is 1. The van der Waals surface area contributed by atoms with Gasteiger partial charge in [-0.1, -0.05) is 13.0 Å². The summed E-state index contributed by atoms with van der Waals surface area (Å²) >= 11 is 0. The first-order chi connectivity index (χ1) is 8.20. The van der Waals surface area contributed by atoms with Crippen LogP contribution in [-0.2, 0) is 16.1 Å². The lowest BCUT2D eigenvalue weighted by molar-refractivity contribution is -0.151. The predicted molar refractivity (Wildman–Crippen MR) is 59.1 cm³/mol. The first kappa shape index (κ1) is 11.7. The minimum absolute atomic E-state index is 0.229. The smallest absolute Gasteiger partial charge is 0.332 e.